The summed E-state index contributed by atoms with van der Waals surface area (Å²) in [6.07, 6.45) is 0.348. The van der Waals surface area contributed by atoms with Crippen LogP contribution in [0.5, 0.6) is 5.75 Å². The van der Waals surface area contributed by atoms with Crippen LogP contribution in [0.2, 0.25) is 0 Å². The predicted molar refractivity (Wildman–Crippen MR) is 110 cm³/mol. The normalized spacial score (nSPS) is 14.2. The molecule has 4 rings (SSSR count). The van der Waals surface area contributed by atoms with E-state index in [0.717, 1.165) is 46.8 Å². The van der Waals surface area contributed by atoms with E-state index in [0.29, 0.717) is 18.6 Å². The Bertz CT molecular complexity index is 1040. The molecule has 1 aromatic heterocycles. The van der Waals surface area contributed by atoms with Crippen molar-refractivity contribution in [1.29, 1.82) is 0 Å². The Kier molecular flexibility index (Phi) is 4.85. The lowest BCUT2D eigenvalue weighted by molar-refractivity contribution is 0.0953. The number of ether oxygens (including phenoxy) is 1. The summed E-state index contributed by atoms with van der Waals surface area (Å²) in [7, 11) is 0. The van der Waals surface area contributed by atoms with Crippen LogP contribution in [-0.4, -0.2) is 28.9 Å². The Labute approximate surface area is 165 Å². The lowest BCUT2D eigenvalue weighted by Crippen LogP contribution is -2.25. The summed E-state index contributed by atoms with van der Waals surface area (Å²) in [6, 6.07) is 13.8. The van der Waals surface area contributed by atoms with Crippen molar-refractivity contribution >= 4 is 16.7 Å². The molecule has 5 nitrogen and oxygen atoms in total. The second-order valence-corrected chi connectivity index (χ2v) is 7.94. The topological polar surface area (TPSA) is 64.1 Å². The van der Waals surface area contributed by atoms with Gasteiger partial charge >= 0.3 is 0 Å². The monoisotopic (exact) mass is 375 g/mol. The van der Waals surface area contributed by atoms with E-state index in [2.05, 4.69) is 24.1 Å². The average molecular weight is 375 g/mol. The van der Waals surface area contributed by atoms with Gasteiger partial charge < -0.3 is 10.1 Å². The van der Waals surface area contributed by atoms with Crippen molar-refractivity contribution in [2.24, 2.45) is 0 Å². The molecular weight excluding hydrogens is 350 g/mol. The first kappa shape index (κ1) is 18.6. The van der Waals surface area contributed by atoms with Gasteiger partial charge in [0.2, 0.25) is 0 Å². The highest BCUT2D eigenvalue weighted by atomic mass is 16.5. The minimum Gasteiger partial charge on any atom is -0.491 e. The number of carbonyl (C=O) groups is 1. The molecule has 0 radical (unpaired) electrons. The number of nitrogens with one attached hydrogen (secondary N) is 1. The summed E-state index contributed by atoms with van der Waals surface area (Å²) in [5, 5.41) is 4.32. The van der Waals surface area contributed by atoms with Crippen LogP contribution in [0, 0.1) is 6.92 Å². The van der Waals surface area contributed by atoms with E-state index in [4.69, 9.17) is 9.72 Å². The molecule has 0 fully saturated rings. The van der Waals surface area contributed by atoms with Crippen LogP contribution in [0.15, 0.2) is 42.5 Å². The van der Waals surface area contributed by atoms with Gasteiger partial charge in [0.25, 0.3) is 0 Å². The number of para-hydroxylation sites is 2. The molecule has 0 saturated heterocycles. The molecule has 0 aliphatic carbocycles. The zero-order chi connectivity index (χ0) is 19.7. The Balaban J connectivity index is 1.71. The zero-order valence-electron chi connectivity index (χ0n) is 16.6. The largest absolute Gasteiger partial charge is 0.491 e. The Morgan fingerprint density at radius 2 is 1.96 bits per heavy atom. The maximum absolute atomic E-state index is 13.3. The van der Waals surface area contributed by atoms with Gasteiger partial charge in [-0.25, -0.2) is 9.97 Å². The number of rotatable bonds is 4. The third-order valence-corrected chi connectivity index (χ3v) is 5.20. The van der Waals surface area contributed by atoms with E-state index >= 15 is 0 Å². The van der Waals surface area contributed by atoms with E-state index in [1.54, 1.807) is 0 Å². The third-order valence-electron chi connectivity index (χ3n) is 5.20. The molecule has 0 atom stereocenters. The first-order valence-corrected chi connectivity index (χ1v) is 9.68. The quantitative estimate of drug-likeness (QED) is 0.699. The number of Topliss-reactive ketones (excluding diaryl/α,β-unsaturated/α-hetero) is 1. The number of carbonyl (C=O) groups excluding carboxylic acids is 1. The van der Waals surface area contributed by atoms with Gasteiger partial charge in [0.05, 0.1) is 16.8 Å². The number of fused-ring (bicyclic) bond motifs is 2. The van der Waals surface area contributed by atoms with E-state index < -0.39 is 5.41 Å². The van der Waals surface area contributed by atoms with Gasteiger partial charge in [-0.3, -0.25) is 4.79 Å². The smallest absolute Gasteiger partial charge is 0.167 e. The minimum absolute atomic E-state index is 0.0732. The number of ketones is 1. The van der Waals surface area contributed by atoms with E-state index in [1.807, 2.05) is 49.4 Å². The van der Waals surface area contributed by atoms with Crippen LogP contribution in [-0.2, 0) is 12.0 Å². The minimum atomic E-state index is -0.434. The lowest BCUT2D eigenvalue weighted by Gasteiger charge is -2.25. The fourth-order valence-corrected chi connectivity index (χ4v) is 3.85. The molecule has 3 aromatic rings. The van der Waals surface area contributed by atoms with Crippen molar-refractivity contribution in [3.63, 3.8) is 0 Å². The average Bonchev–Trinajstić information content (AvgIpc) is 2.92. The Morgan fingerprint density at radius 1 is 1.14 bits per heavy atom. The third kappa shape index (κ3) is 3.50. The molecule has 2 heterocycles. The van der Waals surface area contributed by atoms with Crippen LogP contribution in [0.4, 0.5) is 0 Å². The summed E-state index contributed by atoms with van der Waals surface area (Å²) in [4.78, 5) is 22.5. The van der Waals surface area contributed by atoms with Gasteiger partial charge in [0.15, 0.2) is 5.78 Å². The highest BCUT2D eigenvalue weighted by Crippen LogP contribution is 2.34. The van der Waals surface area contributed by atoms with Crippen molar-refractivity contribution in [2.75, 3.05) is 13.2 Å². The fourth-order valence-electron chi connectivity index (χ4n) is 3.85. The van der Waals surface area contributed by atoms with Gasteiger partial charge in [0, 0.05) is 35.9 Å². The molecule has 0 amide bonds. The van der Waals surface area contributed by atoms with Crippen LogP contribution >= 0.6 is 0 Å². The second-order valence-electron chi connectivity index (χ2n) is 7.94. The fraction of sp³-hybridized carbons (Fsp3) is 0.348. The molecule has 28 heavy (non-hydrogen) atoms. The number of hydrogen-bond donors (Lipinski definition) is 1. The maximum Gasteiger partial charge on any atom is 0.167 e. The van der Waals surface area contributed by atoms with Crippen molar-refractivity contribution in [3.05, 3.63) is 65.1 Å². The summed E-state index contributed by atoms with van der Waals surface area (Å²) < 4.78 is 5.90. The van der Waals surface area contributed by atoms with Gasteiger partial charge in [-0.15, -0.1) is 0 Å². The van der Waals surface area contributed by atoms with Crippen LogP contribution in [0.3, 0.4) is 0 Å². The summed E-state index contributed by atoms with van der Waals surface area (Å²) >= 11 is 0. The van der Waals surface area contributed by atoms with Crippen molar-refractivity contribution < 1.29 is 9.53 Å². The summed E-state index contributed by atoms with van der Waals surface area (Å²) in [5.74, 6) is 1.51. The van der Waals surface area contributed by atoms with Crippen LogP contribution in [0.1, 0.15) is 47.7 Å². The molecular formula is C23H25N3O2. The van der Waals surface area contributed by atoms with Gasteiger partial charge in [0.1, 0.15) is 18.2 Å². The molecule has 5 heteroatoms. The SMILES string of the molecule is Cc1nc(C(C)(C)CC(=O)c2cccc3c2OCCNC3)c2ccccc2n1. The van der Waals surface area contributed by atoms with E-state index in [1.165, 1.54) is 0 Å². The molecule has 0 spiro atoms. The summed E-state index contributed by atoms with van der Waals surface area (Å²) in [5.41, 5.74) is 3.08. The second kappa shape index (κ2) is 7.32. The molecule has 0 bridgehead atoms. The molecule has 1 aliphatic rings. The number of aryl methyl sites for hydroxylation is 1. The highest BCUT2D eigenvalue weighted by Gasteiger charge is 2.30. The Hall–Kier alpha value is -2.79. The molecule has 1 N–H and O–H groups in total. The maximum atomic E-state index is 13.3. The number of hydrogen-bond acceptors (Lipinski definition) is 5. The standard InChI is InChI=1S/C23H25N3O2/c1-15-25-19-10-5-4-8-17(19)22(26-15)23(2,3)13-20(27)18-9-6-7-16-14-24-11-12-28-21(16)18/h4-10,24H,11-14H2,1-3H3. The van der Waals surface area contributed by atoms with Gasteiger partial charge in [-0.1, -0.05) is 44.2 Å². The van der Waals surface area contributed by atoms with Crippen molar-refractivity contribution in [1.82, 2.24) is 15.3 Å². The van der Waals surface area contributed by atoms with Crippen molar-refractivity contribution in [3.8, 4) is 5.75 Å². The highest BCUT2D eigenvalue weighted by molar-refractivity contribution is 6.00. The molecule has 144 valence electrons. The number of benzene rings is 2. The number of nitrogens with zero attached hydrogens (tertiary/aromatic N) is 2. The zero-order valence-corrected chi connectivity index (χ0v) is 16.6. The molecule has 0 saturated carbocycles. The van der Waals surface area contributed by atoms with Crippen LogP contribution in [0.25, 0.3) is 10.9 Å². The van der Waals surface area contributed by atoms with E-state index in [-0.39, 0.29) is 5.78 Å². The van der Waals surface area contributed by atoms with Crippen LogP contribution < -0.4 is 10.1 Å². The summed E-state index contributed by atoms with van der Waals surface area (Å²) in [6.45, 7) is 8.10. The van der Waals surface area contributed by atoms with Gasteiger partial charge in [-0.05, 0) is 19.1 Å². The first-order chi connectivity index (χ1) is 13.5. The first-order valence-electron chi connectivity index (χ1n) is 9.68. The van der Waals surface area contributed by atoms with Crippen molar-refractivity contribution in [2.45, 2.75) is 39.2 Å². The number of aromatic nitrogens is 2. The Morgan fingerprint density at radius 3 is 2.82 bits per heavy atom. The predicted octanol–water partition coefficient (Wildman–Crippen LogP) is 3.97. The lowest BCUT2D eigenvalue weighted by atomic mass is 9.80. The molecule has 1 aliphatic heterocycles. The molecule has 2 aromatic carbocycles. The van der Waals surface area contributed by atoms with Gasteiger partial charge in [-0.2, -0.15) is 0 Å². The van der Waals surface area contributed by atoms with E-state index in [9.17, 15) is 4.79 Å². The molecule has 0 unspecified atom stereocenters.